The number of hydrogen-bond acceptors (Lipinski definition) is 1. The zero-order valence-electron chi connectivity index (χ0n) is 11.7. The average molecular weight is 244 g/mol. The number of benzene rings is 1. The predicted octanol–water partition coefficient (Wildman–Crippen LogP) is 3.66. The molecule has 2 aliphatic carbocycles. The Hall–Kier alpha value is -0.820. The Kier molecular flexibility index (Phi) is 2.60. The van der Waals surface area contributed by atoms with E-state index in [0.717, 1.165) is 12.8 Å². The third kappa shape index (κ3) is 1.64. The van der Waals surface area contributed by atoms with Gasteiger partial charge in [-0.1, -0.05) is 51.1 Å². The van der Waals surface area contributed by atoms with Crippen molar-refractivity contribution in [1.29, 1.82) is 0 Å². The summed E-state index contributed by atoms with van der Waals surface area (Å²) in [6, 6.07) is 10.7. The van der Waals surface area contributed by atoms with Gasteiger partial charge in [0.2, 0.25) is 0 Å². The molecule has 2 aliphatic rings. The standard InChI is InChI=1S/C17H24O/c1-16(2)10-9-14(18)17(3)13(15(16)17)11-12-7-5-4-6-8-12/h4-8,13-15,18H,9-11H2,1-3H3/t13-,14+,15?,17-/m0/s1. The van der Waals surface area contributed by atoms with Crippen LogP contribution in [0.25, 0.3) is 0 Å². The Morgan fingerprint density at radius 1 is 1.17 bits per heavy atom. The van der Waals surface area contributed by atoms with Crippen LogP contribution >= 0.6 is 0 Å². The van der Waals surface area contributed by atoms with Crippen molar-refractivity contribution in [3.05, 3.63) is 35.9 Å². The lowest BCUT2D eigenvalue weighted by Gasteiger charge is -2.36. The number of fused-ring (bicyclic) bond motifs is 1. The van der Waals surface area contributed by atoms with Crippen molar-refractivity contribution in [2.45, 2.75) is 46.1 Å². The van der Waals surface area contributed by atoms with Crippen molar-refractivity contribution >= 4 is 0 Å². The number of aliphatic hydroxyl groups excluding tert-OH is 1. The van der Waals surface area contributed by atoms with Gasteiger partial charge in [-0.05, 0) is 42.1 Å². The molecular weight excluding hydrogens is 220 g/mol. The topological polar surface area (TPSA) is 20.2 Å². The molecule has 0 amide bonds. The highest BCUT2D eigenvalue weighted by Crippen LogP contribution is 2.72. The maximum Gasteiger partial charge on any atom is 0.0599 e. The van der Waals surface area contributed by atoms with Crippen LogP contribution in [0.3, 0.4) is 0 Å². The van der Waals surface area contributed by atoms with Gasteiger partial charge < -0.3 is 5.11 Å². The van der Waals surface area contributed by atoms with E-state index in [0.29, 0.717) is 17.3 Å². The Labute approximate surface area is 110 Å². The summed E-state index contributed by atoms with van der Waals surface area (Å²) in [6.07, 6.45) is 3.18. The van der Waals surface area contributed by atoms with Gasteiger partial charge >= 0.3 is 0 Å². The fourth-order valence-electron chi connectivity index (χ4n) is 4.65. The third-order valence-electron chi connectivity index (χ3n) is 5.68. The van der Waals surface area contributed by atoms with Crippen LogP contribution in [0.15, 0.2) is 30.3 Å². The lowest BCUT2D eigenvalue weighted by molar-refractivity contribution is 0.0202. The van der Waals surface area contributed by atoms with E-state index in [2.05, 4.69) is 51.1 Å². The molecule has 1 heteroatoms. The molecule has 1 aromatic carbocycles. The minimum Gasteiger partial charge on any atom is -0.393 e. The first-order valence-electron chi connectivity index (χ1n) is 7.18. The molecule has 18 heavy (non-hydrogen) atoms. The van der Waals surface area contributed by atoms with Crippen molar-refractivity contribution in [2.75, 3.05) is 0 Å². The molecule has 1 unspecified atom stereocenters. The third-order valence-corrected chi connectivity index (χ3v) is 5.68. The van der Waals surface area contributed by atoms with Gasteiger partial charge in [0, 0.05) is 5.41 Å². The smallest absolute Gasteiger partial charge is 0.0599 e. The molecule has 0 heterocycles. The van der Waals surface area contributed by atoms with E-state index >= 15 is 0 Å². The SMILES string of the molecule is CC1(C)CC[C@@H](O)[C@@]2(C)C1[C@@H]2Cc1ccccc1. The predicted molar refractivity (Wildman–Crippen MR) is 74.3 cm³/mol. The first-order chi connectivity index (χ1) is 8.46. The van der Waals surface area contributed by atoms with E-state index in [1.54, 1.807) is 0 Å². The second kappa shape index (κ2) is 3.84. The summed E-state index contributed by atoms with van der Waals surface area (Å²) in [5, 5.41) is 10.4. The van der Waals surface area contributed by atoms with E-state index in [9.17, 15) is 5.11 Å². The molecule has 2 saturated carbocycles. The molecule has 4 atom stereocenters. The Bertz CT molecular complexity index is 436. The molecule has 2 fully saturated rings. The van der Waals surface area contributed by atoms with Crippen LogP contribution < -0.4 is 0 Å². The van der Waals surface area contributed by atoms with Gasteiger partial charge in [0.1, 0.15) is 0 Å². The van der Waals surface area contributed by atoms with E-state index in [-0.39, 0.29) is 11.5 Å². The van der Waals surface area contributed by atoms with E-state index < -0.39 is 0 Å². The molecule has 0 radical (unpaired) electrons. The molecule has 0 saturated heterocycles. The van der Waals surface area contributed by atoms with Crippen molar-refractivity contribution in [1.82, 2.24) is 0 Å². The molecule has 0 bridgehead atoms. The molecule has 0 spiro atoms. The van der Waals surface area contributed by atoms with Crippen LogP contribution in [0.2, 0.25) is 0 Å². The van der Waals surface area contributed by atoms with E-state index in [1.807, 2.05) is 0 Å². The summed E-state index contributed by atoms with van der Waals surface area (Å²) < 4.78 is 0. The zero-order chi connectivity index (χ0) is 13.0. The zero-order valence-corrected chi connectivity index (χ0v) is 11.7. The Morgan fingerprint density at radius 3 is 2.44 bits per heavy atom. The van der Waals surface area contributed by atoms with E-state index in [1.165, 1.54) is 12.0 Å². The van der Waals surface area contributed by atoms with Gasteiger partial charge in [0.25, 0.3) is 0 Å². The van der Waals surface area contributed by atoms with Crippen LogP contribution in [-0.2, 0) is 6.42 Å². The fraction of sp³-hybridized carbons (Fsp3) is 0.647. The lowest BCUT2D eigenvalue weighted by Crippen LogP contribution is -2.33. The van der Waals surface area contributed by atoms with Crippen LogP contribution in [0.4, 0.5) is 0 Å². The molecule has 1 N–H and O–H groups in total. The van der Waals surface area contributed by atoms with Crippen molar-refractivity contribution in [3.8, 4) is 0 Å². The summed E-state index contributed by atoms with van der Waals surface area (Å²) in [6.45, 7) is 7.07. The maximum atomic E-state index is 10.4. The summed E-state index contributed by atoms with van der Waals surface area (Å²) in [4.78, 5) is 0. The largest absolute Gasteiger partial charge is 0.393 e. The molecule has 0 aliphatic heterocycles. The lowest BCUT2D eigenvalue weighted by atomic mass is 9.71. The fourth-order valence-corrected chi connectivity index (χ4v) is 4.65. The highest BCUT2D eigenvalue weighted by molar-refractivity contribution is 5.24. The summed E-state index contributed by atoms with van der Waals surface area (Å²) in [5.74, 6) is 1.35. The van der Waals surface area contributed by atoms with Crippen LogP contribution in [0.5, 0.6) is 0 Å². The molecule has 98 valence electrons. The molecular formula is C17H24O. The average Bonchev–Trinajstić information content (AvgIpc) is 2.95. The first-order valence-corrected chi connectivity index (χ1v) is 7.18. The van der Waals surface area contributed by atoms with Crippen molar-refractivity contribution in [3.63, 3.8) is 0 Å². The summed E-state index contributed by atoms with van der Waals surface area (Å²) >= 11 is 0. The van der Waals surface area contributed by atoms with Crippen LogP contribution in [-0.4, -0.2) is 11.2 Å². The minimum absolute atomic E-state index is 0.0933. The number of rotatable bonds is 2. The van der Waals surface area contributed by atoms with Gasteiger partial charge in [-0.25, -0.2) is 0 Å². The highest BCUT2D eigenvalue weighted by Gasteiger charge is 2.70. The quantitative estimate of drug-likeness (QED) is 0.841. The van der Waals surface area contributed by atoms with Gasteiger partial charge in [-0.3, -0.25) is 0 Å². The van der Waals surface area contributed by atoms with Gasteiger partial charge in [0.05, 0.1) is 6.10 Å². The second-order valence-corrected chi connectivity index (χ2v) is 7.18. The number of hydrogen-bond donors (Lipinski definition) is 1. The van der Waals surface area contributed by atoms with Crippen molar-refractivity contribution in [2.24, 2.45) is 22.7 Å². The minimum atomic E-state index is -0.0933. The molecule has 1 nitrogen and oxygen atoms in total. The molecule has 1 aromatic rings. The van der Waals surface area contributed by atoms with E-state index in [4.69, 9.17) is 0 Å². The van der Waals surface area contributed by atoms with Gasteiger partial charge in [0.15, 0.2) is 0 Å². The molecule has 3 rings (SSSR count). The maximum absolute atomic E-state index is 10.4. The molecule has 0 aromatic heterocycles. The monoisotopic (exact) mass is 244 g/mol. The van der Waals surface area contributed by atoms with Crippen molar-refractivity contribution < 1.29 is 5.11 Å². The first kappa shape index (κ1) is 12.2. The van der Waals surface area contributed by atoms with Gasteiger partial charge in [-0.2, -0.15) is 0 Å². The Morgan fingerprint density at radius 2 is 1.83 bits per heavy atom. The summed E-state index contributed by atoms with van der Waals surface area (Å²) in [5.41, 5.74) is 1.98. The van der Waals surface area contributed by atoms with Gasteiger partial charge in [-0.15, -0.1) is 0 Å². The number of aliphatic hydroxyl groups is 1. The highest BCUT2D eigenvalue weighted by atomic mass is 16.3. The Balaban J connectivity index is 1.83. The normalized spacial score (nSPS) is 41.2. The summed E-state index contributed by atoms with van der Waals surface area (Å²) in [7, 11) is 0. The second-order valence-electron chi connectivity index (χ2n) is 7.18. The van der Waals surface area contributed by atoms with Crippen LogP contribution in [0, 0.1) is 22.7 Å². The van der Waals surface area contributed by atoms with Crippen LogP contribution in [0.1, 0.15) is 39.2 Å².